The summed E-state index contributed by atoms with van der Waals surface area (Å²) in [4.78, 5) is 30.6. The Labute approximate surface area is 225 Å². The number of hydrogen-bond acceptors (Lipinski definition) is 5. The summed E-state index contributed by atoms with van der Waals surface area (Å²) in [5.74, 6) is -1.53. The van der Waals surface area contributed by atoms with Crippen LogP contribution in [0.3, 0.4) is 0 Å². The second kappa shape index (κ2) is 9.93. The van der Waals surface area contributed by atoms with Gasteiger partial charge in [0.25, 0.3) is 5.56 Å². The normalized spacial score (nSPS) is 14.1. The van der Waals surface area contributed by atoms with Gasteiger partial charge >= 0.3 is 5.97 Å². The third kappa shape index (κ3) is 4.81. The molecule has 39 heavy (non-hydrogen) atoms. The number of carboxylic acids is 1. The molecule has 1 atom stereocenters. The molecular weight excluding hydrogens is 499 g/mol. The average Bonchev–Trinajstić information content (AvgIpc) is 2.91. The highest BCUT2D eigenvalue weighted by atomic mass is 19.1. The summed E-state index contributed by atoms with van der Waals surface area (Å²) in [6, 6.07) is 10.5. The van der Waals surface area contributed by atoms with E-state index in [9.17, 15) is 14.7 Å². The van der Waals surface area contributed by atoms with Crippen LogP contribution in [0.15, 0.2) is 53.6 Å². The molecular formula is C31H31FN2O5. The number of ether oxygens (including phenoxy) is 2. The summed E-state index contributed by atoms with van der Waals surface area (Å²) in [5.41, 5.74) is 3.05. The highest BCUT2D eigenvalue weighted by molar-refractivity contribution is 6.01. The lowest BCUT2D eigenvalue weighted by Crippen LogP contribution is -2.33. The highest BCUT2D eigenvalue weighted by Gasteiger charge is 2.34. The Kier molecular flexibility index (Phi) is 6.76. The number of carbonyl (C=O) groups is 1. The number of pyridine rings is 2. The number of halogens is 1. The quantitative estimate of drug-likeness (QED) is 0.341. The Morgan fingerprint density at radius 3 is 2.62 bits per heavy atom. The van der Waals surface area contributed by atoms with Crippen molar-refractivity contribution in [2.24, 2.45) is 7.05 Å². The number of benzene rings is 2. The summed E-state index contributed by atoms with van der Waals surface area (Å²) in [7, 11) is 1.53. The number of hydrogen-bond donors (Lipinski definition) is 1. The Morgan fingerprint density at radius 2 is 1.95 bits per heavy atom. The molecule has 0 radical (unpaired) electrons. The lowest BCUT2D eigenvalue weighted by atomic mass is 9.87. The Hall–Kier alpha value is -4.04. The molecule has 0 spiro atoms. The molecule has 0 amide bonds. The van der Waals surface area contributed by atoms with Crippen molar-refractivity contribution < 1.29 is 23.8 Å². The SMILES string of the molecule is Cc1c(-c2c([C@H](OC(C)(C)C)C(=O)O)n(C)c(=O)c3cc(-c4cccnc4)ccc23)cc(F)c2c1CCCO2. The molecule has 0 unspecified atom stereocenters. The van der Waals surface area contributed by atoms with Crippen LogP contribution in [0.2, 0.25) is 0 Å². The zero-order valence-electron chi connectivity index (χ0n) is 22.7. The van der Waals surface area contributed by atoms with Gasteiger partial charge in [-0.25, -0.2) is 9.18 Å². The van der Waals surface area contributed by atoms with Crippen molar-refractivity contribution in [3.05, 3.63) is 81.8 Å². The van der Waals surface area contributed by atoms with Crippen LogP contribution in [-0.4, -0.2) is 32.8 Å². The van der Waals surface area contributed by atoms with E-state index in [0.29, 0.717) is 34.9 Å². The number of fused-ring (bicyclic) bond motifs is 2. The number of aromatic nitrogens is 2. The standard InChI is InChI=1S/C31H31FN2O5/c1-17-20-9-7-13-38-27(20)24(32)15-22(17)25-21-11-10-18(19-8-6-12-33-16-19)14-23(21)29(35)34(5)26(25)28(30(36)37)39-31(2,3)4/h6,8,10-12,14-16,28H,7,9,13H2,1-5H3,(H,36,37)/t28-/m0/s1. The van der Waals surface area contributed by atoms with Gasteiger partial charge < -0.3 is 19.1 Å². The topological polar surface area (TPSA) is 90.7 Å². The number of aliphatic carboxylic acids is 1. The fraction of sp³-hybridized carbons (Fsp3) is 0.323. The minimum absolute atomic E-state index is 0.156. The molecule has 1 aliphatic heterocycles. The number of nitrogens with zero attached hydrogens (tertiary/aromatic N) is 2. The molecule has 2 aromatic heterocycles. The molecule has 0 saturated heterocycles. The lowest BCUT2D eigenvalue weighted by molar-refractivity contribution is -0.161. The summed E-state index contributed by atoms with van der Waals surface area (Å²) in [5, 5.41) is 11.2. The first-order valence-corrected chi connectivity index (χ1v) is 12.9. The average molecular weight is 531 g/mol. The molecule has 202 valence electrons. The molecule has 0 bridgehead atoms. The zero-order chi connectivity index (χ0) is 28.1. The van der Waals surface area contributed by atoms with Gasteiger partial charge in [0.1, 0.15) is 0 Å². The fourth-order valence-corrected chi connectivity index (χ4v) is 5.33. The first kappa shape index (κ1) is 26.6. The van der Waals surface area contributed by atoms with Crippen LogP contribution in [-0.2, 0) is 23.0 Å². The molecule has 0 aliphatic carbocycles. The summed E-state index contributed by atoms with van der Waals surface area (Å²) >= 11 is 0. The van der Waals surface area contributed by atoms with Gasteiger partial charge in [-0.05, 0) is 80.8 Å². The van der Waals surface area contributed by atoms with Crippen molar-refractivity contribution in [2.75, 3.05) is 6.61 Å². The van der Waals surface area contributed by atoms with Crippen molar-refractivity contribution in [1.29, 1.82) is 0 Å². The van der Waals surface area contributed by atoms with Gasteiger partial charge in [0.2, 0.25) is 0 Å². The molecule has 1 aliphatic rings. The van der Waals surface area contributed by atoms with Gasteiger partial charge in [0.15, 0.2) is 17.7 Å². The molecule has 7 nitrogen and oxygen atoms in total. The predicted molar refractivity (Wildman–Crippen MR) is 148 cm³/mol. The third-order valence-electron chi connectivity index (χ3n) is 7.09. The van der Waals surface area contributed by atoms with Gasteiger partial charge in [-0.1, -0.05) is 18.2 Å². The van der Waals surface area contributed by atoms with Crippen LogP contribution in [0.5, 0.6) is 5.75 Å². The van der Waals surface area contributed by atoms with Crippen LogP contribution in [0.1, 0.15) is 50.1 Å². The molecule has 8 heteroatoms. The smallest absolute Gasteiger partial charge is 0.339 e. The van der Waals surface area contributed by atoms with Crippen LogP contribution in [0.25, 0.3) is 33.0 Å². The second-order valence-electron chi connectivity index (χ2n) is 10.9. The molecule has 2 aromatic carbocycles. The fourth-order valence-electron chi connectivity index (χ4n) is 5.33. The second-order valence-corrected chi connectivity index (χ2v) is 10.9. The maximum Gasteiger partial charge on any atom is 0.339 e. The Morgan fingerprint density at radius 1 is 1.18 bits per heavy atom. The van der Waals surface area contributed by atoms with E-state index in [2.05, 4.69) is 4.98 Å². The van der Waals surface area contributed by atoms with Crippen LogP contribution < -0.4 is 10.3 Å². The predicted octanol–water partition coefficient (Wildman–Crippen LogP) is 5.98. The van der Waals surface area contributed by atoms with Gasteiger partial charge in [0, 0.05) is 41.5 Å². The summed E-state index contributed by atoms with van der Waals surface area (Å²) in [6.45, 7) is 7.58. The largest absolute Gasteiger partial charge is 0.490 e. The summed E-state index contributed by atoms with van der Waals surface area (Å²) in [6.07, 6.45) is 3.29. The van der Waals surface area contributed by atoms with Crippen LogP contribution >= 0.6 is 0 Å². The van der Waals surface area contributed by atoms with E-state index in [-0.39, 0.29) is 17.0 Å². The molecule has 4 aromatic rings. The lowest BCUT2D eigenvalue weighted by Gasteiger charge is -2.29. The van der Waals surface area contributed by atoms with Crippen molar-refractivity contribution in [3.8, 4) is 28.0 Å². The van der Waals surface area contributed by atoms with E-state index < -0.39 is 23.5 Å². The van der Waals surface area contributed by atoms with E-state index in [4.69, 9.17) is 9.47 Å². The molecule has 3 heterocycles. The first-order valence-electron chi connectivity index (χ1n) is 12.9. The van der Waals surface area contributed by atoms with Crippen molar-refractivity contribution >= 4 is 16.7 Å². The monoisotopic (exact) mass is 530 g/mol. The van der Waals surface area contributed by atoms with E-state index >= 15 is 4.39 Å². The zero-order valence-corrected chi connectivity index (χ0v) is 22.7. The third-order valence-corrected chi connectivity index (χ3v) is 7.09. The minimum Gasteiger partial charge on any atom is -0.490 e. The first-order chi connectivity index (χ1) is 18.5. The minimum atomic E-state index is -1.48. The van der Waals surface area contributed by atoms with Gasteiger partial charge in [-0.15, -0.1) is 0 Å². The Bertz CT molecular complexity index is 1650. The van der Waals surface area contributed by atoms with Crippen LogP contribution in [0.4, 0.5) is 4.39 Å². The van der Waals surface area contributed by atoms with Crippen molar-refractivity contribution in [1.82, 2.24) is 9.55 Å². The van der Waals surface area contributed by atoms with E-state index in [1.807, 2.05) is 25.1 Å². The highest BCUT2D eigenvalue weighted by Crippen LogP contribution is 2.43. The van der Waals surface area contributed by atoms with Crippen LogP contribution in [0, 0.1) is 12.7 Å². The van der Waals surface area contributed by atoms with E-state index in [0.717, 1.165) is 28.7 Å². The maximum atomic E-state index is 15.5. The summed E-state index contributed by atoms with van der Waals surface area (Å²) < 4.78 is 28.5. The maximum absolute atomic E-state index is 15.5. The number of rotatable bonds is 5. The van der Waals surface area contributed by atoms with Crippen molar-refractivity contribution in [3.63, 3.8) is 0 Å². The van der Waals surface area contributed by atoms with Gasteiger partial charge in [0.05, 0.1) is 17.9 Å². The molecule has 0 saturated carbocycles. The molecule has 0 fully saturated rings. The Balaban J connectivity index is 1.91. The van der Waals surface area contributed by atoms with Gasteiger partial charge in [-0.2, -0.15) is 0 Å². The molecule has 5 rings (SSSR count). The van der Waals surface area contributed by atoms with E-state index in [1.165, 1.54) is 17.7 Å². The van der Waals surface area contributed by atoms with Crippen molar-refractivity contribution in [2.45, 2.75) is 52.2 Å². The number of carboxylic acid groups (broad SMARTS) is 1. The molecule has 1 N–H and O–H groups in total. The van der Waals surface area contributed by atoms with Gasteiger partial charge in [-0.3, -0.25) is 9.78 Å². The van der Waals surface area contributed by atoms with E-state index in [1.54, 1.807) is 45.3 Å².